The molecule has 0 fully saturated rings. The minimum absolute atomic E-state index is 0.221. The van der Waals surface area contributed by atoms with Crippen molar-refractivity contribution in [2.75, 3.05) is 7.11 Å². The van der Waals surface area contributed by atoms with Crippen LogP contribution < -0.4 is 10.1 Å². The van der Waals surface area contributed by atoms with E-state index in [-0.39, 0.29) is 5.91 Å². The molecule has 0 aliphatic carbocycles. The van der Waals surface area contributed by atoms with Gasteiger partial charge in [0.25, 0.3) is 5.91 Å². The first-order chi connectivity index (χ1) is 12.2. The fraction of sp³-hybridized carbons (Fsp3) is 0.158. The Labute approximate surface area is 151 Å². The predicted molar refractivity (Wildman–Crippen MR) is 96.9 cm³/mol. The predicted octanol–water partition coefficient (Wildman–Crippen LogP) is 3.52. The molecule has 1 amide bonds. The van der Waals surface area contributed by atoms with Crippen molar-refractivity contribution >= 4 is 17.5 Å². The molecule has 0 bridgehead atoms. The zero-order valence-corrected chi connectivity index (χ0v) is 14.5. The maximum Gasteiger partial charge on any atom is 0.255 e. The second-order valence-corrected chi connectivity index (χ2v) is 6.02. The first-order valence-corrected chi connectivity index (χ1v) is 8.19. The van der Waals surface area contributed by atoms with Crippen molar-refractivity contribution in [3.8, 4) is 5.75 Å². The molecule has 0 unspecified atom stereocenters. The number of ether oxygens (including phenoxy) is 1. The molecular weight excluding hydrogens is 338 g/mol. The average Bonchev–Trinajstić information content (AvgIpc) is 3.14. The molecule has 5 nitrogen and oxygen atoms in total. The van der Waals surface area contributed by atoms with Crippen LogP contribution in [0.1, 0.15) is 21.5 Å². The number of rotatable bonds is 6. The van der Waals surface area contributed by atoms with Crippen LogP contribution >= 0.6 is 11.6 Å². The molecule has 0 aliphatic rings. The lowest BCUT2D eigenvalue weighted by Crippen LogP contribution is -2.23. The SMILES string of the molecule is COc1ccc(Cl)cc1C(=O)NCc1ccc(Cn2ccnc2)cc1. The van der Waals surface area contributed by atoms with Crippen LogP contribution in [-0.4, -0.2) is 22.6 Å². The van der Waals surface area contributed by atoms with E-state index in [0.717, 1.165) is 12.1 Å². The van der Waals surface area contributed by atoms with Crippen LogP contribution in [0.4, 0.5) is 0 Å². The van der Waals surface area contributed by atoms with Crippen LogP contribution in [0.2, 0.25) is 5.02 Å². The molecule has 0 saturated heterocycles. The number of carbonyl (C=O) groups is 1. The lowest BCUT2D eigenvalue weighted by molar-refractivity contribution is 0.0948. The van der Waals surface area contributed by atoms with Gasteiger partial charge in [0.2, 0.25) is 0 Å². The van der Waals surface area contributed by atoms with Crippen LogP contribution in [0.25, 0.3) is 0 Å². The highest BCUT2D eigenvalue weighted by atomic mass is 35.5. The number of benzene rings is 2. The van der Waals surface area contributed by atoms with Gasteiger partial charge in [-0.15, -0.1) is 0 Å². The molecule has 1 heterocycles. The summed E-state index contributed by atoms with van der Waals surface area (Å²) in [6, 6.07) is 13.1. The molecule has 0 atom stereocenters. The van der Waals surface area contributed by atoms with Crippen molar-refractivity contribution < 1.29 is 9.53 Å². The van der Waals surface area contributed by atoms with E-state index < -0.39 is 0 Å². The standard InChI is InChI=1S/C19H18ClN3O2/c1-25-18-7-6-16(20)10-17(18)19(24)22-11-14-2-4-15(5-3-14)12-23-9-8-21-13-23/h2-10,13H,11-12H2,1H3,(H,22,24). The van der Waals surface area contributed by atoms with Crippen molar-refractivity contribution in [1.29, 1.82) is 0 Å². The molecule has 0 aliphatic heterocycles. The van der Waals surface area contributed by atoms with E-state index in [0.29, 0.717) is 22.9 Å². The van der Waals surface area contributed by atoms with Crippen LogP contribution in [0, 0.1) is 0 Å². The Morgan fingerprint density at radius 1 is 1.20 bits per heavy atom. The number of amides is 1. The van der Waals surface area contributed by atoms with Crippen molar-refractivity contribution in [1.82, 2.24) is 14.9 Å². The topological polar surface area (TPSA) is 56.1 Å². The first-order valence-electron chi connectivity index (χ1n) is 7.81. The molecule has 3 aromatic rings. The van der Waals surface area contributed by atoms with Gasteiger partial charge in [-0.2, -0.15) is 0 Å². The molecule has 2 aromatic carbocycles. The lowest BCUT2D eigenvalue weighted by atomic mass is 10.1. The van der Waals surface area contributed by atoms with Crippen molar-refractivity contribution in [3.63, 3.8) is 0 Å². The summed E-state index contributed by atoms with van der Waals surface area (Å²) in [6.07, 6.45) is 5.47. The smallest absolute Gasteiger partial charge is 0.255 e. The minimum Gasteiger partial charge on any atom is -0.496 e. The minimum atomic E-state index is -0.221. The fourth-order valence-electron chi connectivity index (χ4n) is 2.49. The summed E-state index contributed by atoms with van der Waals surface area (Å²) in [5.74, 6) is 0.277. The van der Waals surface area contributed by atoms with Gasteiger partial charge in [-0.1, -0.05) is 35.9 Å². The van der Waals surface area contributed by atoms with Crippen LogP contribution in [0.5, 0.6) is 5.75 Å². The second kappa shape index (κ2) is 7.85. The van der Waals surface area contributed by atoms with Gasteiger partial charge in [-0.3, -0.25) is 4.79 Å². The third-order valence-electron chi connectivity index (χ3n) is 3.81. The molecule has 1 N–H and O–H groups in total. The van der Waals surface area contributed by atoms with Crippen molar-refractivity contribution in [2.45, 2.75) is 13.1 Å². The van der Waals surface area contributed by atoms with E-state index in [1.165, 1.54) is 12.7 Å². The van der Waals surface area contributed by atoms with Crippen LogP contribution in [-0.2, 0) is 13.1 Å². The monoisotopic (exact) mass is 355 g/mol. The number of nitrogens with zero attached hydrogens (tertiary/aromatic N) is 2. The number of halogens is 1. The third-order valence-corrected chi connectivity index (χ3v) is 4.04. The van der Waals surface area contributed by atoms with Gasteiger partial charge in [0.05, 0.1) is 19.0 Å². The summed E-state index contributed by atoms with van der Waals surface area (Å²) < 4.78 is 7.21. The highest BCUT2D eigenvalue weighted by Crippen LogP contribution is 2.22. The fourth-order valence-corrected chi connectivity index (χ4v) is 2.66. The van der Waals surface area contributed by atoms with E-state index >= 15 is 0 Å². The quantitative estimate of drug-likeness (QED) is 0.736. The Bertz CT molecular complexity index is 846. The summed E-state index contributed by atoms with van der Waals surface area (Å²) in [7, 11) is 1.53. The summed E-state index contributed by atoms with van der Waals surface area (Å²) in [5, 5.41) is 3.38. The zero-order chi connectivity index (χ0) is 17.6. The van der Waals surface area contributed by atoms with Gasteiger partial charge in [0.15, 0.2) is 0 Å². The number of hydrogen-bond acceptors (Lipinski definition) is 3. The van der Waals surface area contributed by atoms with Gasteiger partial charge >= 0.3 is 0 Å². The molecule has 1 aromatic heterocycles. The molecule has 3 rings (SSSR count). The van der Waals surface area contributed by atoms with E-state index in [1.807, 2.05) is 35.0 Å². The van der Waals surface area contributed by atoms with E-state index in [9.17, 15) is 4.79 Å². The van der Waals surface area contributed by atoms with Crippen LogP contribution in [0.15, 0.2) is 61.2 Å². The van der Waals surface area contributed by atoms with Crippen molar-refractivity contribution in [2.24, 2.45) is 0 Å². The number of nitrogens with one attached hydrogen (secondary N) is 1. The molecule has 0 radical (unpaired) electrons. The number of hydrogen-bond donors (Lipinski definition) is 1. The largest absolute Gasteiger partial charge is 0.496 e. The Hall–Kier alpha value is -2.79. The molecule has 128 valence electrons. The molecular formula is C19H18ClN3O2. The summed E-state index contributed by atoms with van der Waals surface area (Å²) in [6.45, 7) is 1.20. The number of methoxy groups -OCH3 is 1. The molecule has 6 heteroatoms. The normalized spacial score (nSPS) is 10.5. The Balaban J connectivity index is 1.61. The van der Waals surface area contributed by atoms with Gasteiger partial charge in [0.1, 0.15) is 5.75 Å². The first kappa shape index (κ1) is 17.0. The van der Waals surface area contributed by atoms with Gasteiger partial charge < -0.3 is 14.6 Å². The van der Waals surface area contributed by atoms with Gasteiger partial charge in [-0.05, 0) is 29.3 Å². The second-order valence-electron chi connectivity index (χ2n) is 5.58. The average molecular weight is 356 g/mol. The van der Waals surface area contributed by atoms with E-state index in [2.05, 4.69) is 10.3 Å². The summed E-state index contributed by atoms with van der Waals surface area (Å²) in [5.41, 5.74) is 2.61. The molecule has 0 saturated carbocycles. The number of imidazole rings is 1. The highest BCUT2D eigenvalue weighted by Gasteiger charge is 2.12. The molecule has 25 heavy (non-hydrogen) atoms. The summed E-state index contributed by atoms with van der Waals surface area (Å²) >= 11 is 5.97. The Kier molecular flexibility index (Phi) is 5.36. The maximum atomic E-state index is 12.4. The lowest BCUT2D eigenvalue weighted by Gasteiger charge is -2.10. The van der Waals surface area contributed by atoms with Gasteiger partial charge in [-0.25, -0.2) is 4.98 Å². The van der Waals surface area contributed by atoms with Gasteiger partial charge in [0, 0.05) is 30.5 Å². The van der Waals surface area contributed by atoms with Crippen LogP contribution in [0.3, 0.4) is 0 Å². The van der Waals surface area contributed by atoms with E-state index in [4.69, 9.17) is 16.3 Å². The molecule has 0 spiro atoms. The number of aromatic nitrogens is 2. The third kappa shape index (κ3) is 4.39. The Morgan fingerprint density at radius 3 is 2.64 bits per heavy atom. The zero-order valence-electron chi connectivity index (χ0n) is 13.8. The van der Waals surface area contributed by atoms with Crippen molar-refractivity contribution in [3.05, 3.63) is 82.9 Å². The van der Waals surface area contributed by atoms with E-state index in [1.54, 1.807) is 30.7 Å². The highest BCUT2D eigenvalue weighted by molar-refractivity contribution is 6.31. The number of carbonyl (C=O) groups excluding carboxylic acids is 1. The summed E-state index contributed by atoms with van der Waals surface area (Å²) in [4.78, 5) is 16.4. The maximum absolute atomic E-state index is 12.4. The Morgan fingerprint density at radius 2 is 1.96 bits per heavy atom.